The smallest absolute Gasteiger partial charge is 0.295 e. The number of unbranched alkanes of at least 4 members (excludes halogenated alkanes) is 2. The maximum absolute atomic E-state index is 13.3. The number of amides is 1. The molecule has 0 radical (unpaired) electrons. The van der Waals surface area contributed by atoms with Gasteiger partial charge in [0.2, 0.25) is 0 Å². The first-order valence-corrected chi connectivity index (χ1v) is 12.7. The standard InChI is InChI=1S/C29H35NO6/c1-4-5-6-15-35-23-10-7-9-20(18-23)26-25(28(32)29(33)30(26)13-8-14-34-3)27(31)21-11-12-24-22(17-21)16-19(2)36-24/h7,9-12,17-19,26,31H,4-6,8,13-16H2,1-3H3/b27-25+. The van der Waals surface area contributed by atoms with Crippen molar-refractivity contribution >= 4 is 17.4 Å². The van der Waals surface area contributed by atoms with Crippen LogP contribution in [0.15, 0.2) is 48.0 Å². The Kier molecular flexibility index (Phi) is 8.31. The second kappa shape index (κ2) is 11.6. The van der Waals surface area contributed by atoms with Gasteiger partial charge in [-0.2, -0.15) is 0 Å². The number of aliphatic hydroxyl groups is 1. The Morgan fingerprint density at radius 1 is 1.11 bits per heavy atom. The highest BCUT2D eigenvalue weighted by Crippen LogP contribution is 2.41. The first-order chi connectivity index (χ1) is 17.4. The van der Waals surface area contributed by atoms with Crippen molar-refractivity contribution in [2.75, 3.05) is 26.9 Å². The van der Waals surface area contributed by atoms with E-state index in [1.54, 1.807) is 13.2 Å². The van der Waals surface area contributed by atoms with E-state index < -0.39 is 17.7 Å². The summed E-state index contributed by atoms with van der Waals surface area (Å²) in [7, 11) is 1.60. The molecule has 36 heavy (non-hydrogen) atoms. The first kappa shape index (κ1) is 25.8. The number of aliphatic hydroxyl groups excluding tert-OH is 1. The number of fused-ring (bicyclic) bond motifs is 1. The summed E-state index contributed by atoms with van der Waals surface area (Å²) in [6, 6.07) is 12.1. The van der Waals surface area contributed by atoms with Gasteiger partial charge >= 0.3 is 0 Å². The molecular weight excluding hydrogens is 458 g/mol. The third kappa shape index (κ3) is 5.41. The first-order valence-electron chi connectivity index (χ1n) is 12.7. The van der Waals surface area contributed by atoms with E-state index in [1.165, 1.54) is 4.90 Å². The minimum Gasteiger partial charge on any atom is -0.507 e. The molecule has 7 heteroatoms. The zero-order valence-corrected chi connectivity index (χ0v) is 21.3. The number of ether oxygens (including phenoxy) is 3. The Hall–Kier alpha value is -3.32. The van der Waals surface area contributed by atoms with Gasteiger partial charge in [-0.15, -0.1) is 0 Å². The molecule has 1 amide bonds. The molecule has 0 aliphatic carbocycles. The molecule has 2 unspecified atom stereocenters. The van der Waals surface area contributed by atoms with Crippen molar-refractivity contribution in [3.05, 3.63) is 64.7 Å². The topological polar surface area (TPSA) is 85.3 Å². The molecule has 2 aromatic carbocycles. The van der Waals surface area contributed by atoms with Crippen LogP contribution < -0.4 is 9.47 Å². The van der Waals surface area contributed by atoms with Crippen LogP contribution in [0.5, 0.6) is 11.5 Å². The number of nitrogens with zero attached hydrogens (tertiary/aromatic N) is 1. The van der Waals surface area contributed by atoms with E-state index in [4.69, 9.17) is 14.2 Å². The number of carbonyl (C=O) groups is 2. The van der Waals surface area contributed by atoms with Crippen molar-refractivity contribution in [1.29, 1.82) is 0 Å². The predicted molar refractivity (Wildman–Crippen MR) is 137 cm³/mol. The zero-order chi connectivity index (χ0) is 25.7. The van der Waals surface area contributed by atoms with Crippen LogP contribution in [0.4, 0.5) is 0 Å². The molecule has 0 saturated carbocycles. The SMILES string of the molecule is CCCCCOc1cccc(C2/C(=C(\O)c3ccc4c(c3)CC(C)O4)C(=O)C(=O)N2CCCOC)c1. The number of hydrogen-bond acceptors (Lipinski definition) is 6. The summed E-state index contributed by atoms with van der Waals surface area (Å²) >= 11 is 0. The van der Waals surface area contributed by atoms with E-state index in [0.717, 1.165) is 42.6 Å². The van der Waals surface area contributed by atoms with Gasteiger partial charge in [0.1, 0.15) is 23.4 Å². The number of ketones is 1. The van der Waals surface area contributed by atoms with Crippen LogP contribution in [0.2, 0.25) is 0 Å². The van der Waals surface area contributed by atoms with Gasteiger partial charge in [0.15, 0.2) is 0 Å². The lowest BCUT2D eigenvalue weighted by Gasteiger charge is -2.25. The number of likely N-dealkylation sites (tertiary alicyclic amines) is 1. The van der Waals surface area contributed by atoms with Gasteiger partial charge in [-0.05, 0) is 61.2 Å². The summed E-state index contributed by atoms with van der Waals surface area (Å²) in [4.78, 5) is 27.9. The van der Waals surface area contributed by atoms with E-state index >= 15 is 0 Å². The lowest BCUT2D eigenvalue weighted by Crippen LogP contribution is -2.31. The summed E-state index contributed by atoms with van der Waals surface area (Å²) in [5, 5.41) is 11.4. The van der Waals surface area contributed by atoms with E-state index in [9.17, 15) is 14.7 Å². The van der Waals surface area contributed by atoms with Gasteiger partial charge in [0.05, 0.1) is 18.2 Å². The highest BCUT2D eigenvalue weighted by Gasteiger charge is 2.46. The number of methoxy groups -OCH3 is 1. The predicted octanol–water partition coefficient (Wildman–Crippen LogP) is 5.04. The molecule has 0 aromatic heterocycles. The molecule has 4 rings (SSSR count). The van der Waals surface area contributed by atoms with Crippen molar-refractivity contribution in [2.45, 2.75) is 58.1 Å². The minimum atomic E-state index is -0.718. The van der Waals surface area contributed by atoms with Crippen LogP contribution in [-0.2, 0) is 20.7 Å². The van der Waals surface area contributed by atoms with Crippen LogP contribution in [0, 0.1) is 0 Å². The number of rotatable bonds is 11. The summed E-state index contributed by atoms with van der Waals surface area (Å²) in [5.41, 5.74) is 2.28. The van der Waals surface area contributed by atoms with Gasteiger partial charge in [-0.25, -0.2) is 0 Å². The normalized spacial score (nSPS) is 20.5. The van der Waals surface area contributed by atoms with E-state index in [1.807, 2.05) is 43.3 Å². The minimum absolute atomic E-state index is 0.0591. The van der Waals surface area contributed by atoms with Crippen LogP contribution in [0.25, 0.3) is 5.76 Å². The number of Topliss-reactive ketones (excluding diaryl/α,β-unsaturated/α-hetero) is 1. The molecule has 0 bridgehead atoms. The average Bonchev–Trinajstić information content (AvgIpc) is 3.37. The van der Waals surface area contributed by atoms with Crippen molar-refractivity contribution in [1.82, 2.24) is 4.90 Å². The molecule has 2 aliphatic rings. The fourth-order valence-electron chi connectivity index (χ4n) is 4.88. The largest absolute Gasteiger partial charge is 0.507 e. The molecule has 2 atom stereocenters. The Bertz CT molecular complexity index is 1140. The van der Waals surface area contributed by atoms with Crippen molar-refractivity contribution in [3.8, 4) is 11.5 Å². The van der Waals surface area contributed by atoms with Gasteiger partial charge in [-0.3, -0.25) is 9.59 Å². The Morgan fingerprint density at radius 3 is 2.72 bits per heavy atom. The molecular formula is C29H35NO6. The zero-order valence-electron chi connectivity index (χ0n) is 21.3. The molecule has 1 fully saturated rings. The lowest BCUT2D eigenvalue weighted by atomic mass is 9.94. The quantitative estimate of drug-likeness (QED) is 0.204. The highest BCUT2D eigenvalue weighted by molar-refractivity contribution is 6.46. The fourth-order valence-corrected chi connectivity index (χ4v) is 4.88. The second-order valence-electron chi connectivity index (χ2n) is 9.42. The van der Waals surface area contributed by atoms with Crippen LogP contribution in [-0.4, -0.2) is 54.7 Å². The van der Waals surface area contributed by atoms with Crippen LogP contribution in [0.3, 0.4) is 0 Å². The second-order valence-corrected chi connectivity index (χ2v) is 9.42. The van der Waals surface area contributed by atoms with Gasteiger partial charge < -0.3 is 24.2 Å². The van der Waals surface area contributed by atoms with E-state index in [0.29, 0.717) is 37.5 Å². The summed E-state index contributed by atoms with van der Waals surface area (Å²) in [5.74, 6) is -0.0261. The van der Waals surface area contributed by atoms with Crippen molar-refractivity contribution in [2.24, 2.45) is 0 Å². The number of carbonyl (C=O) groups excluding carboxylic acids is 2. The van der Waals surface area contributed by atoms with Crippen LogP contribution >= 0.6 is 0 Å². The third-order valence-corrected chi connectivity index (χ3v) is 6.65. The van der Waals surface area contributed by atoms with Gasteiger partial charge in [0.25, 0.3) is 11.7 Å². The fraction of sp³-hybridized carbons (Fsp3) is 0.448. The maximum atomic E-state index is 13.3. The van der Waals surface area contributed by atoms with Gasteiger partial charge in [-0.1, -0.05) is 31.9 Å². The number of hydrogen-bond donors (Lipinski definition) is 1. The van der Waals surface area contributed by atoms with Crippen molar-refractivity contribution in [3.63, 3.8) is 0 Å². The van der Waals surface area contributed by atoms with Gasteiger partial charge in [0, 0.05) is 32.2 Å². The monoisotopic (exact) mass is 493 g/mol. The third-order valence-electron chi connectivity index (χ3n) is 6.65. The number of benzene rings is 2. The molecule has 192 valence electrons. The summed E-state index contributed by atoms with van der Waals surface area (Å²) in [6.07, 6.45) is 4.50. The summed E-state index contributed by atoms with van der Waals surface area (Å²) in [6.45, 7) is 5.52. The molecule has 1 saturated heterocycles. The van der Waals surface area contributed by atoms with Crippen molar-refractivity contribution < 1.29 is 28.9 Å². The Morgan fingerprint density at radius 2 is 1.94 bits per heavy atom. The molecule has 7 nitrogen and oxygen atoms in total. The molecule has 2 aromatic rings. The van der Waals surface area contributed by atoms with E-state index in [2.05, 4.69) is 6.92 Å². The molecule has 0 spiro atoms. The van der Waals surface area contributed by atoms with Crippen LogP contribution in [0.1, 0.15) is 62.3 Å². The molecule has 2 heterocycles. The van der Waals surface area contributed by atoms with E-state index in [-0.39, 0.29) is 17.4 Å². The molecule has 2 aliphatic heterocycles. The Balaban J connectivity index is 1.72. The maximum Gasteiger partial charge on any atom is 0.295 e. The summed E-state index contributed by atoms with van der Waals surface area (Å²) < 4.78 is 16.9. The lowest BCUT2D eigenvalue weighted by molar-refractivity contribution is -0.140. The highest BCUT2D eigenvalue weighted by atomic mass is 16.5. The molecule has 1 N–H and O–H groups in total. The Labute approximate surface area is 212 Å². The average molecular weight is 494 g/mol.